The maximum absolute atomic E-state index is 12.7. The summed E-state index contributed by atoms with van der Waals surface area (Å²) in [7, 11) is 3.22. The van der Waals surface area contributed by atoms with Crippen LogP contribution in [0.2, 0.25) is 0 Å². The topological polar surface area (TPSA) is 65.1 Å². The van der Waals surface area contributed by atoms with E-state index in [1.165, 1.54) is 22.6 Å². The molecule has 24 heavy (non-hydrogen) atoms. The van der Waals surface area contributed by atoms with Crippen molar-refractivity contribution in [3.05, 3.63) is 20.8 Å². The lowest BCUT2D eigenvalue weighted by Gasteiger charge is -2.28. The third kappa shape index (κ3) is 2.76. The molecule has 0 aliphatic carbocycles. The minimum Gasteiger partial charge on any atom is -0.342 e. The van der Waals surface area contributed by atoms with E-state index >= 15 is 0 Å². The number of hydrogen-bond acceptors (Lipinski definition) is 4. The van der Waals surface area contributed by atoms with Crippen molar-refractivity contribution in [1.29, 1.82) is 0 Å². The van der Waals surface area contributed by atoms with E-state index in [2.05, 4.69) is 11.8 Å². The van der Waals surface area contributed by atoms with Gasteiger partial charge in [-0.15, -0.1) is 0 Å². The fourth-order valence-corrected chi connectivity index (χ4v) is 3.50. The van der Waals surface area contributed by atoms with Gasteiger partial charge in [-0.1, -0.05) is 19.8 Å². The fraction of sp³-hybridized carbons (Fsp3) is 0.706. The van der Waals surface area contributed by atoms with Crippen LogP contribution in [0.5, 0.6) is 0 Å². The Hall–Kier alpha value is -2.05. The van der Waals surface area contributed by atoms with Gasteiger partial charge in [-0.3, -0.25) is 13.9 Å². The highest BCUT2D eigenvalue weighted by atomic mass is 16.2. The molecule has 1 aliphatic heterocycles. The van der Waals surface area contributed by atoms with E-state index < -0.39 is 0 Å². The summed E-state index contributed by atoms with van der Waals surface area (Å²) < 4.78 is 4.71. The Morgan fingerprint density at radius 2 is 1.71 bits per heavy atom. The Morgan fingerprint density at radius 3 is 2.38 bits per heavy atom. The van der Waals surface area contributed by atoms with Gasteiger partial charge in [-0.2, -0.15) is 4.98 Å². The quantitative estimate of drug-likeness (QED) is 0.780. The first-order chi connectivity index (χ1) is 11.6. The molecule has 0 atom stereocenters. The average Bonchev–Trinajstić information content (AvgIpc) is 2.99. The summed E-state index contributed by atoms with van der Waals surface area (Å²) in [6.45, 7) is 4.86. The minimum atomic E-state index is -0.323. The summed E-state index contributed by atoms with van der Waals surface area (Å²) >= 11 is 0. The van der Waals surface area contributed by atoms with E-state index in [1.54, 1.807) is 7.05 Å². The van der Waals surface area contributed by atoms with Gasteiger partial charge in [0.25, 0.3) is 5.56 Å². The molecule has 132 valence electrons. The Kier molecular flexibility index (Phi) is 4.78. The Labute approximate surface area is 141 Å². The van der Waals surface area contributed by atoms with E-state index in [4.69, 9.17) is 4.98 Å². The molecule has 0 radical (unpaired) electrons. The van der Waals surface area contributed by atoms with Crippen molar-refractivity contribution in [2.75, 3.05) is 18.0 Å². The molecule has 2 aromatic rings. The second kappa shape index (κ2) is 6.83. The number of aryl methyl sites for hydroxylation is 2. The number of unbranched alkanes of at least 4 members (excludes halogenated alkanes) is 2. The predicted octanol–water partition coefficient (Wildman–Crippen LogP) is 1.61. The molecule has 3 rings (SSSR count). The van der Waals surface area contributed by atoms with Gasteiger partial charge < -0.3 is 9.47 Å². The second-order valence-electron chi connectivity index (χ2n) is 6.70. The number of aromatic nitrogens is 4. The van der Waals surface area contributed by atoms with Gasteiger partial charge in [0.05, 0.1) is 0 Å². The van der Waals surface area contributed by atoms with Crippen LogP contribution in [0.15, 0.2) is 9.59 Å². The van der Waals surface area contributed by atoms with Crippen molar-refractivity contribution in [2.45, 2.75) is 52.0 Å². The fourth-order valence-electron chi connectivity index (χ4n) is 3.50. The van der Waals surface area contributed by atoms with Gasteiger partial charge in [0.1, 0.15) is 0 Å². The van der Waals surface area contributed by atoms with Crippen LogP contribution < -0.4 is 16.1 Å². The van der Waals surface area contributed by atoms with Gasteiger partial charge >= 0.3 is 5.69 Å². The molecule has 0 amide bonds. The lowest BCUT2D eigenvalue weighted by atomic mass is 10.1. The highest BCUT2D eigenvalue weighted by Gasteiger charge is 2.23. The maximum atomic E-state index is 12.7. The Bertz CT molecular complexity index is 839. The molecule has 2 aromatic heterocycles. The second-order valence-corrected chi connectivity index (χ2v) is 6.70. The van der Waals surface area contributed by atoms with E-state index in [-0.39, 0.29) is 11.2 Å². The molecular weight excluding hydrogens is 306 g/mol. The number of imidazole rings is 1. The summed E-state index contributed by atoms with van der Waals surface area (Å²) in [6.07, 6.45) is 6.79. The SMILES string of the molecule is CCCCCn1c(N2CCCCC2)nc2c1c(=O)n(C)c(=O)n2C. The first-order valence-electron chi connectivity index (χ1n) is 8.97. The molecule has 0 aromatic carbocycles. The molecule has 1 saturated heterocycles. The monoisotopic (exact) mass is 333 g/mol. The number of nitrogens with zero attached hydrogens (tertiary/aromatic N) is 5. The summed E-state index contributed by atoms with van der Waals surface area (Å²) in [6, 6.07) is 0. The van der Waals surface area contributed by atoms with E-state index in [0.717, 1.165) is 57.7 Å². The number of hydrogen-bond donors (Lipinski definition) is 0. The van der Waals surface area contributed by atoms with E-state index in [1.807, 2.05) is 4.57 Å². The van der Waals surface area contributed by atoms with E-state index in [0.29, 0.717) is 11.2 Å². The average molecular weight is 333 g/mol. The molecule has 0 spiro atoms. The third-order valence-corrected chi connectivity index (χ3v) is 4.95. The highest BCUT2D eigenvalue weighted by molar-refractivity contribution is 5.74. The first kappa shape index (κ1) is 16.8. The summed E-state index contributed by atoms with van der Waals surface area (Å²) in [5.41, 5.74) is 0.479. The third-order valence-electron chi connectivity index (χ3n) is 4.95. The molecule has 1 fully saturated rings. The number of fused-ring (bicyclic) bond motifs is 1. The largest absolute Gasteiger partial charge is 0.342 e. The molecule has 0 saturated carbocycles. The van der Waals surface area contributed by atoms with Gasteiger partial charge in [-0.25, -0.2) is 4.79 Å². The van der Waals surface area contributed by atoms with Crippen LogP contribution in [-0.2, 0) is 20.6 Å². The minimum absolute atomic E-state index is 0.250. The zero-order chi connectivity index (χ0) is 17.3. The number of anilines is 1. The summed E-state index contributed by atoms with van der Waals surface area (Å²) in [5.74, 6) is 0.846. The lowest BCUT2D eigenvalue weighted by molar-refractivity contribution is 0.545. The Balaban J connectivity index is 2.20. The first-order valence-corrected chi connectivity index (χ1v) is 8.97. The summed E-state index contributed by atoms with van der Waals surface area (Å²) in [5, 5.41) is 0. The van der Waals surface area contributed by atoms with Crippen LogP contribution in [0, 0.1) is 0 Å². The van der Waals surface area contributed by atoms with Gasteiger partial charge in [0.15, 0.2) is 11.2 Å². The zero-order valence-corrected chi connectivity index (χ0v) is 14.9. The molecule has 1 aliphatic rings. The summed E-state index contributed by atoms with van der Waals surface area (Å²) in [4.78, 5) is 31.9. The molecule has 0 unspecified atom stereocenters. The molecule has 3 heterocycles. The molecule has 0 N–H and O–H groups in total. The van der Waals surface area contributed by atoms with Crippen molar-refractivity contribution >= 4 is 17.1 Å². The molecule has 0 bridgehead atoms. The lowest BCUT2D eigenvalue weighted by Crippen LogP contribution is -2.37. The normalized spacial score (nSPS) is 15.4. The van der Waals surface area contributed by atoms with Crippen LogP contribution in [0.25, 0.3) is 11.2 Å². The Morgan fingerprint density at radius 1 is 1.00 bits per heavy atom. The van der Waals surface area contributed by atoms with Crippen LogP contribution in [0.4, 0.5) is 5.95 Å². The van der Waals surface area contributed by atoms with Crippen molar-refractivity contribution in [2.24, 2.45) is 14.1 Å². The standard InChI is InChI=1S/C17H27N5O2/c1-4-5-7-12-22-13-14(19(2)17(24)20(3)15(13)23)18-16(22)21-10-8-6-9-11-21/h4-12H2,1-3H3. The molecular formula is C17H27N5O2. The predicted molar refractivity (Wildman–Crippen MR) is 95.8 cm³/mol. The van der Waals surface area contributed by atoms with Gasteiger partial charge in [0.2, 0.25) is 5.95 Å². The van der Waals surface area contributed by atoms with Crippen molar-refractivity contribution in [3.8, 4) is 0 Å². The van der Waals surface area contributed by atoms with Crippen molar-refractivity contribution < 1.29 is 0 Å². The number of piperidine rings is 1. The van der Waals surface area contributed by atoms with Crippen LogP contribution in [0.1, 0.15) is 45.4 Å². The van der Waals surface area contributed by atoms with Crippen LogP contribution in [0.3, 0.4) is 0 Å². The smallest absolute Gasteiger partial charge is 0.332 e. The number of rotatable bonds is 5. The zero-order valence-electron chi connectivity index (χ0n) is 14.9. The highest BCUT2D eigenvalue weighted by Crippen LogP contribution is 2.23. The van der Waals surface area contributed by atoms with Crippen LogP contribution in [-0.4, -0.2) is 31.8 Å². The van der Waals surface area contributed by atoms with Crippen molar-refractivity contribution in [3.63, 3.8) is 0 Å². The maximum Gasteiger partial charge on any atom is 0.332 e. The molecule has 7 nitrogen and oxygen atoms in total. The van der Waals surface area contributed by atoms with Gasteiger partial charge in [0, 0.05) is 33.7 Å². The molecule has 7 heteroatoms. The van der Waals surface area contributed by atoms with Gasteiger partial charge in [-0.05, 0) is 25.7 Å². The van der Waals surface area contributed by atoms with Crippen LogP contribution >= 0.6 is 0 Å². The van der Waals surface area contributed by atoms with Crippen molar-refractivity contribution in [1.82, 2.24) is 18.7 Å². The van der Waals surface area contributed by atoms with E-state index in [9.17, 15) is 9.59 Å².